The van der Waals surface area contributed by atoms with E-state index in [9.17, 15) is 0 Å². The van der Waals surface area contributed by atoms with E-state index in [0.717, 1.165) is 5.57 Å². The van der Waals surface area contributed by atoms with Gasteiger partial charge in [0, 0.05) is 5.54 Å². The van der Waals surface area contributed by atoms with Gasteiger partial charge in [0.05, 0.1) is 6.10 Å². The zero-order chi connectivity index (χ0) is 5.86. The topological polar surface area (TPSA) is 20.2 Å². The molecule has 1 N–H and O–H groups in total. The summed E-state index contributed by atoms with van der Waals surface area (Å²) in [4.78, 5) is 0. The standard InChI is InChI=1S/C5H9ClO/c1-4(3-6)5(2)7/h3,5,7H,1-2H3/b4-3+. The van der Waals surface area contributed by atoms with Crippen LogP contribution in [0.25, 0.3) is 0 Å². The van der Waals surface area contributed by atoms with E-state index in [1.807, 2.05) is 0 Å². The van der Waals surface area contributed by atoms with Gasteiger partial charge in [-0.1, -0.05) is 11.6 Å². The molecule has 7 heavy (non-hydrogen) atoms. The molecule has 0 aliphatic carbocycles. The molecule has 0 saturated heterocycles. The second kappa shape index (κ2) is 3.05. The van der Waals surface area contributed by atoms with E-state index in [2.05, 4.69) is 0 Å². The third kappa shape index (κ3) is 2.66. The largest absolute Gasteiger partial charge is 0.389 e. The van der Waals surface area contributed by atoms with E-state index < -0.39 is 6.10 Å². The number of aliphatic hydroxyl groups is 1. The van der Waals surface area contributed by atoms with Crippen LogP contribution in [0.1, 0.15) is 13.8 Å². The quantitative estimate of drug-likeness (QED) is 0.556. The van der Waals surface area contributed by atoms with Gasteiger partial charge in [-0.05, 0) is 19.4 Å². The van der Waals surface area contributed by atoms with Crippen LogP contribution in [0.4, 0.5) is 0 Å². The monoisotopic (exact) mass is 120 g/mol. The molecule has 0 rings (SSSR count). The molecule has 1 nitrogen and oxygen atoms in total. The van der Waals surface area contributed by atoms with Crippen molar-refractivity contribution in [3.63, 3.8) is 0 Å². The molecule has 42 valence electrons. The van der Waals surface area contributed by atoms with Crippen molar-refractivity contribution >= 4 is 11.6 Å². The summed E-state index contributed by atoms with van der Waals surface area (Å²) in [6.45, 7) is 3.45. The van der Waals surface area contributed by atoms with Gasteiger partial charge in [0.15, 0.2) is 0 Å². The van der Waals surface area contributed by atoms with Gasteiger partial charge in [0.2, 0.25) is 0 Å². The number of aliphatic hydroxyl groups excluding tert-OH is 1. The van der Waals surface area contributed by atoms with Gasteiger partial charge in [-0.15, -0.1) is 0 Å². The van der Waals surface area contributed by atoms with E-state index in [0.29, 0.717) is 0 Å². The Bertz CT molecular complexity index is 76.1. The van der Waals surface area contributed by atoms with Crippen LogP contribution in [0.5, 0.6) is 0 Å². The van der Waals surface area contributed by atoms with Gasteiger partial charge in [-0.3, -0.25) is 0 Å². The van der Waals surface area contributed by atoms with Crippen LogP contribution >= 0.6 is 11.6 Å². The fourth-order valence-electron chi connectivity index (χ4n) is 0.0912. The second-order valence-electron chi connectivity index (χ2n) is 1.53. The zero-order valence-corrected chi connectivity index (χ0v) is 5.24. The molecule has 0 fully saturated rings. The maximum atomic E-state index is 8.67. The van der Waals surface area contributed by atoms with Gasteiger partial charge in [0.25, 0.3) is 0 Å². The lowest BCUT2D eigenvalue weighted by Gasteiger charge is -1.98. The minimum Gasteiger partial charge on any atom is -0.389 e. The summed E-state index contributed by atoms with van der Waals surface area (Å²) in [6.07, 6.45) is -0.405. The van der Waals surface area contributed by atoms with Crippen LogP contribution in [0.15, 0.2) is 11.1 Å². The molecule has 0 aromatic heterocycles. The number of halogens is 1. The molecule has 1 atom stereocenters. The van der Waals surface area contributed by atoms with Crippen molar-refractivity contribution in [3.05, 3.63) is 11.1 Å². The Morgan fingerprint density at radius 2 is 2.29 bits per heavy atom. The Morgan fingerprint density at radius 3 is 2.29 bits per heavy atom. The minimum atomic E-state index is -0.405. The summed E-state index contributed by atoms with van der Waals surface area (Å²) in [7, 11) is 0. The van der Waals surface area contributed by atoms with E-state index in [1.54, 1.807) is 13.8 Å². The van der Waals surface area contributed by atoms with Gasteiger partial charge >= 0.3 is 0 Å². The molecule has 2 heteroatoms. The third-order valence-corrected chi connectivity index (χ3v) is 1.18. The number of hydrogen-bond acceptors (Lipinski definition) is 1. The van der Waals surface area contributed by atoms with Crippen LogP contribution in [0.2, 0.25) is 0 Å². The lowest BCUT2D eigenvalue weighted by molar-refractivity contribution is 0.232. The molecular formula is C5H9ClO. The maximum Gasteiger partial charge on any atom is 0.0730 e. The highest BCUT2D eigenvalue weighted by Gasteiger charge is 1.93. The van der Waals surface area contributed by atoms with Crippen LogP contribution in [-0.2, 0) is 0 Å². The first kappa shape index (κ1) is 6.99. The maximum absolute atomic E-state index is 8.67. The molecule has 0 aliphatic rings. The molecule has 0 spiro atoms. The number of rotatable bonds is 1. The smallest absolute Gasteiger partial charge is 0.0730 e. The first-order valence-corrected chi connectivity index (χ1v) is 2.57. The van der Waals surface area contributed by atoms with Crippen molar-refractivity contribution in [2.45, 2.75) is 20.0 Å². The molecule has 0 aliphatic heterocycles. The highest BCUT2D eigenvalue weighted by molar-refractivity contribution is 6.25. The second-order valence-corrected chi connectivity index (χ2v) is 1.75. The SMILES string of the molecule is C/C(=C\Cl)C(C)O. The van der Waals surface area contributed by atoms with Crippen molar-refractivity contribution in [1.29, 1.82) is 0 Å². The summed E-state index contributed by atoms with van der Waals surface area (Å²) in [5, 5.41) is 8.67. The van der Waals surface area contributed by atoms with Crippen LogP contribution in [0, 0.1) is 0 Å². The molecular weight excluding hydrogens is 112 g/mol. The Labute approximate surface area is 48.6 Å². The molecule has 0 heterocycles. The molecule has 0 aromatic rings. The normalized spacial score (nSPS) is 16.9. The van der Waals surface area contributed by atoms with Gasteiger partial charge in [-0.2, -0.15) is 0 Å². The summed E-state index contributed by atoms with van der Waals surface area (Å²) >= 11 is 5.22. The highest BCUT2D eigenvalue weighted by Crippen LogP contribution is 1.99. The van der Waals surface area contributed by atoms with E-state index in [-0.39, 0.29) is 0 Å². The average Bonchev–Trinajstić information content (AvgIpc) is 1.65. The lowest BCUT2D eigenvalue weighted by Crippen LogP contribution is -1.98. The van der Waals surface area contributed by atoms with Crippen LogP contribution in [-0.4, -0.2) is 11.2 Å². The summed E-state index contributed by atoms with van der Waals surface area (Å²) < 4.78 is 0. The van der Waals surface area contributed by atoms with Crippen molar-refractivity contribution in [2.75, 3.05) is 0 Å². The van der Waals surface area contributed by atoms with Gasteiger partial charge in [0.1, 0.15) is 0 Å². The fourth-order valence-corrected chi connectivity index (χ4v) is 0.273. The molecule has 0 saturated carbocycles. The number of hydrogen-bond donors (Lipinski definition) is 1. The lowest BCUT2D eigenvalue weighted by atomic mass is 10.2. The molecule has 1 unspecified atom stereocenters. The van der Waals surface area contributed by atoms with E-state index in [4.69, 9.17) is 16.7 Å². The van der Waals surface area contributed by atoms with Crippen molar-refractivity contribution in [2.24, 2.45) is 0 Å². The van der Waals surface area contributed by atoms with Crippen molar-refractivity contribution in [3.8, 4) is 0 Å². The summed E-state index contributed by atoms with van der Waals surface area (Å²) in [5.41, 5.74) is 2.17. The molecule has 0 radical (unpaired) electrons. The molecule has 0 bridgehead atoms. The van der Waals surface area contributed by atoms with E-state index >= 15 is 0 Å². The first-order valence-electron chi connectivity index (χ1n) is 2.13. The Kier molecular flexibility index (Phi) is 3.05. The summed E-state index contributed by atoms with van der Waals surface area (Å²) in [5.74, 6) is 0. The molecule has 0 aromatic carbocycles. The predicted molar refractivity (Wildman–Crippen MR) is 31.3 cm³/mol. The van der Waals surface area contributed by atoms with E-state index in [1.165, 1.54) is 5.54 Å². The Balaban J connectivity index is 3.56. The highest BCUT2D eigenvalue weighted by atomic mass is 35.5. The van der Waals surface area contributed by atoms with Gasteiger partial charge < -0.3 is 5.11 Å². The summed E-state index contributed by atoms with van der Waals surface area (Å²) in [6, 6.07) is 0. The predicted octanol–water partition coefficient (Wildman–Crippen LogP) is 1.51. The van der Waals surface area contributed by atoms with Gasteiger partial charge in [-0.25, -0.2) is 0 Å². The van der Waals surface area contributed by atoms with Crippen molar-refractivity contribution < 1.29 is 5.11 Å². The Hall–Kier alpha value is -0.0100. The third-order valence-electron chi connectivity index (χ3n) is 0.831. The van der Waals surface area contributed by atoms with Crippen LogP contribution in [0.3, 0.4) is 0 Å². The molecule has 0 amide bonds. The van der Waals surface area contributed by atoms with Crippen LogP contribution < -0.4 is 0 Å². The Morgan fingerprint density at radius 1 is 1.86 bits per heavy atom. The fraction of sp³-hybridized carbons (Fsp3) is 0.600. The zero-order valence-electron chi connectivity index (χ0n) is 4.48. The first-order chi connectivity index (χ1) is 3.18. The average molecular weight is 121 g/mol. The van der Waals surface area contributed by atoms with Crippen molar-refractivity contribution in [1.82, 2.24) is 0 Å². The minimum absolute atomic E-state index is 0.405.